The van der Waals surface area contributed by atoms with Crippen molar-refractivity contribution in [1.29, 1.82) is 0 Å². The molecule has 2 fully saturated rings. The van der Waals surface area contributed by atoms with Crippen LogP contribution in [0.4, 0.5) is 0 Å². The van der Waals surface area contributed by atoms with Gasteiger partial charge in [0.15, 0.2) is 5.78 Å². The summed E-state index contributed by atoms with van der Waals surface area (Å²) in [7, 11) is 0. The third kappa shape index (κ3) is 5.79. The minimum atomic E-state index is -0.721. The summed E-state index contributed by atoms with van der Waals surface area (Å²) >= 11 is 6.29. The third-order valence-electron chi connectivity index (χ3n) is 7.71. The Labute approximate surface area is 242 Å². The number of aryl methyl sites for hydroxylation is 1. The van der Waals surface area contributed by atoms with Gasteiger partial charge in [0.1, 0.15) is 12.3 Å². The summed E-state index contributed by atoms with van der Waals surface area (Å²) in [6, 6.07) is 19.1. The van der Waals surface area contributed by atoms with Gasteiger partial charge >= 0.3 is 5.97 Å². The van der Waals surface area contributed by atoms with Crippen molar-refractivity contribution in [1.82, 2.24) is 10.0 Å². The van der Waals surface area contributed by atoms with Crippen molar-refractivity contribution in [3.8, 4) is 5.75 Å². The van der Waals surface area contributed by atoms with Crippen molar-refractivity contribution in [3.05, 3.63) is 100 Å². The summed E-state index contributed by atoms with van der Waals surface area (Å²) in [4.78, 5) is 66.5. The zero-order chi connectivity index (χ0) is 29.3. The van der Waals surface area contributed by atoms with Gasteiger partial charge in [0.05, 0.1) is 28.0 Å². The molecule has 1 saturated heterocycles. The Bertz CT molecular complexity index is 1520. The molecule has 0 aromatic heterocycles. The average Bonchev–Trinajstić information content (AvgIpc) is 3.20. The van der Waals surface area contributed by atoms with E-state index in [-0.39, 0.29) is 27.8 Å². The number of carbonyl (C=O) groups excluding carboxylic acids is 5. The highest BCUT2D eigenvalue weighted by Gasteiger charge is 2.53. The van der Waals surface area contributed by atoms with Crippen molar-refractivity contribution in [3.63, 3.8) is 0 Å². The predicted molar refractivity (Wildman–Crippen MR) is 151 cm³/mol. The Kier molecular flexibility index (Phi) is 8.03. The molecule has 3 atom stereocenters. The number of carbonyl (C=O) groups is 5. The fourth-order valence-electron chi connectivity index (χ4n) is 5.41. The van der Waals surface area contributed by atoms with Gasteiger partial charge in [-0.05, 0) is 80.6 Å². The molecule has 0 N–H and O–H groups in total. The molecule has 41 heavy (non-hydrogen) atoms. The molecule has 0 bridgehead atoms. The van der Waals surface area contributed by atoms with E-state index in [9.17, 15) is 24.0 Å². The largest absolute Gasteiger partial charge is 0.423 e. The highest BCUT2D eigenvalue weighted by Crippen LogP contribution is 2.41. The lowest BCUT2D eigenvalue weighted by Gasteiger charge is -2.30. The number of hydrogen-bond acceptors (Lipinski definition) is 6. The zero-order valence-corrected chi connectivity index (χ0v) is 23.5. The quantitative estimate of drug-likeness (QED) is 0.160. The molecule has 1 aliphatic carbocycles. The summed E-state index contributed by atoms with van der Waals surface area (Å²) in [6.07, 6.45) is 1.92. The number of imide groups is 1. The molecule has 1 heterocycles. The molecular weight excluding hydrogens is 544 g/mol. The van der Waals surface area contributed by atoms with Gasteiger partial charge in [0.25, 0.3) is 17.7 Å². The van der Waals surface area contributed by atoms with Gasteiger partial charge < -0.3 is 4.74 Å². The highest BCUT2D eigenvalue weighted by atomic mass is 35.5. The average molecular weight is 573 g/mol. The lowest BCUT2D eigenvalue weighted by Crippen LogP contribution is -2.52. The normalized spacial score (nSPS) is 20.0. The maximum absolute atomic E-state index is 13.7. The van der Waals surface area contributed by atoms with Gasteiger partial charge in [-0.1, -0.05) is 48.4 Å². The fraction of sp³-hybridized carbons (Fsp3) is 0.281. The molecule has 1 saturated carbocycles. The van der Waals surface area contributed by atoms with E-state index in [0.717, 1.165) is 22.0 Å². The molecule has 210 valence electrons. The van der Waals surface area contributed by atoms with E-state index in [1.54, 1.807) is 36.4 Å². The molecule has 0 unspecified atom stereocenters. The molecular formula is C32H29ClN2O6. The molecule has 0 radical (unpaired) electrons. The Morgan fingerprint density at radius 3 is 2.20 bits per heavy atom. The number of ketones is 1. The Balaban J connectivity index is 1.38. The van der Waals surface area contributed by atoms with E-state index in [1.165, 1.54) is 36.4 Å². The monoisotopic (exact) mass is 572 g/mol. The lowest BCUT2D eigenvalue weighted by atomic mass is 9.76. The van der Waals surface area contributed by atoms with E-state index >= 15 is 0 Å². The van der Waals surface area contributed by atoms with E-state index in [2.05, 4.69) is 0 Å². The van der Waals surface area contributed by atoms with Crippen LogP contribution >= 0.6 is 11.6 Å². The van der Waals surface area contributed by atoms with Crippen LogP contribution in [0.25, 0.3) is 0 Å². The molecule has 5 rings (SSSR count). The maximum Gasteiger partial charge on any atom is 0.343 e. The number of amides is 3. The second-order valence-corrected chi connectivity index (χ2v) is 11.1. The van der Waals surface area contributed by atoms with Gasteiger partial charge in [-0.3, -0.25) is 19.2 Å². The second-order valence-electron chi connectivity index (χ2n) is 10.7. The van der Waals surface area contributed by atoms with Gasteiger partial charge in [-0.25, -0.2) is 9.80 Å². The summed E-state index contributed by atoms with van der Waals surface area (Å²) in [5.74, 6) is -3.24. The van der Waals surface area contributed by atoms with Crippen LogP contribution in [0.15, 0.2) is 72.8 Å². The summed E-state index contributed by atoms with van der Waals surface area (Å²) < 4.78 is 5.41. The lowest BCUT2D eigenvalue weighted by molar-refractivity contribution is -0.154. The first kappa shape index (κ1) is 28.2. The van der Waals surface area contributed by atoms with Crippen LogP contribution in [0.5, 0.6) is 5.75 Å². The molecule has 2 aliphatic rings. The van der Waals surface area contributed by atoms with Crippen molar-refractivity contribution in [2.45, 2.75) is 33.1 Å². The van der Waals surface area contributed by atoms with E-state index in [1.807, 2.05) is 13.8 Å². The number of fused-ring (bicyclic) bond motifs is 1. The summed E-state index contributed by atoms with van der Waals surface area (Å²) in [5.41, 5.74) is 1.68. The summed E-state index contributed by atoms with van der Waals surface area (Å²) in [5, 5.41) is 1.91. The number of hydrogen-bond donors (Lipinski definition) is 0. The number of benzene rings is 3. The van der Waals surface area contributed by atoms with Crippen molar-refractivity contribution in [2.24, 2.45) is 17.8 Å². The third-order valence-corrected chi connectivity index (χ3v) is 8.04. The number of rotatable bonds is 7. The van der Waals surface area contributed by atoms with Crippen LogP contribution in [0, 0.1) is 24.7 Å². The first-order valence-electron chi connectivity index (χ1n) is 13.5. The van der Waals surface area contributed by atoms with Crippen LogP contribution in [-0.2, 0) is 9.59 Å². The van der Waals surface area contributed by atoms with Crippen LogP contribution in [0.2, 0.25) is 5.02 Å². The number of Topliss-reactive ketones (excluding diaryl/α,β-unsaturated/α-hetero) is 1. The van der Waals surface area contributed by atoms with Gasteiger partial charge in [-0.15, -0.1) is 0 Å². The first-order chi connectivity index (χ1) is 19.6. The Hall–Kier alpha value is -4.30. The SMILES string of the molecule is Cc1ccc(C(=O)Oc2ccc(C(=O)CN(C(=O)c3ccccc3Cl)N3C(=O)[C@H]4C[C@H](C)CC[C@H]4C3=O)cc2)cc1. The topological polar surface area (TPSA) is 101 Å². The molecule has 3 aromatic rings. The van der Waals surface area contributed by atoms with Crippen LogP contribution in [0.3, 0.4) is 0 Å². The van der Waals surface area contributed by atoms with Crippen molar-refractivity contribution >= 4 is 41.1 Å². The van der Waals surface area contributed by atoms with Gasteiger partial charge in [-0.2, -0.15) is 5.01 Å². The number of halogens is 1. The van der Waals surface area contributed by atoms with Crippen LogP contribution < -0.4 is 4.74 Å². The fourth-order valence-corrected chi connectivity index (χ4v) is 5.63. The molecule has 8 nitrogen and oxygen atoms in total. The van der Waals surface area contributed by atoms with Gasteiger partial charge in [0.2, 0.25) is 0 Å². The Morgan fingerprint density at radius 2 is 1.51 bits per heavy atom. The molecule has 1 aliphatic heterocycles. The smallest absolute Gasteiger partial charge is 0.343 e. The van der Waals surface area contributed by atoms with E-state index < -0.39 is 47.9 Å². The first-order valence-corrected chi connectivity index (χ1v) is 13.9. The summed E-state index contributed by atoms with van der Waals surface area (Å²) in [6.45, 7) is 3.39. The van der Waals surface area contributed by atoms with Gasteiger partial charge in [0, 0.05) is 5.56 Å². The van der Waals surface area contributed by atoms with Crippen LogP contribution in [0.1, 0.15) is 62.8 Å². The predicted octanol–water partition coefficient (Wildman–Crippen LogP) is 5.53. The number of nitrogens with zero attached hydrogens (tertiary/aromatic N) is 2. The van der Waals surface area contributed by atoms with Crippen molar-refractivity contribution < 1.29 is 28.7 Å². The van der Waals surface area contributed by atoms with E-state index in [0.29, 0.717) is 18.4 Å². The van der Waals surface area contributed by atoms with Crippen molar-refractivity contribution in [2.75, 3.05) is 6.54 Å². The minimum Gasteiger partial charge on any atom is -0.423 e. The molecule has 9 heteroatoms. The number of hydrazine groups is 1. The standard InChI is InChI=1S/C32H29ClN2O6/c1-19-7-10-22(11-8-19)32(40)41-23-14-12-21(13-15-23)28(36)18-34(29(37)25-5-3-4-6-27(25)33)35-30(38)24-16-9-20(2)17-26(24)31(35)39/h3-8,10-15,20,24,26H,9,16-18H2,1-2H3/t20-,24-,26+/m1/s1. The molecule has 3 aromatic carbocycles. The maximum atomic E-state index is 13.7. The van der Waals surface area contributed by atoms with Crippen LogP contribution in [-0.4, -0.2) is 46.0 Å². The minimum absolute atomic E-state index is 0.0733. The zero-order valence-electron chi connectivity index (χ0n) is 22.7. The number of ether oxygens (including phenoxy) is 1. The highest BCUT2D eigenvalue weighted by molar-refractivity contribution is 6.34. The van der Waals surface area contributed by atoms with E-state index in [4.69, 9.17) is 16.3 Å². The number of esters is 1. The molecule has 3 amide bonds. The second kappa shape index (κ2) is 11.7. The molecule has 0 spiro atoms. The Morgan fingerprint density at radius 1 is 0.878 bits per heavy atom.